The van der Waals surface area contributed by atoms with Crippen LogP contribution in [0.2, 0.25) is 0 Å². The van der Waals surface area contributed by atoms with Gasteiger partial charge in [-0.3, -0.25) is 14.5 Å². The van der Waals surface area contributed by atoms with E-state index in [1.807, 2.05) is 0 Å². The number of nitrogens with zero attached hydrogens (tertiary/aromatic N) is 1. The molecule has 0 saturated carbocycles. The van der Waals surface area contributed by atoms with Gasteiger partial charge in [0.25, 0.3) is 5.91 Å². The molecule has 0 atom stereocenters. The highest BCUT2D eigenvalue weighted by molar-refractivity contribution is 6.08. The lowest BCUT2D eigenvalue weighted by atomic mass is 10.0. The number of carboxylic acid groups (broad SMARTS) is 1. The summed E-state index contributed by atoms with van der Waals surface area (Å²) in [6.07, 6.45) is -4.79. The molecule has 0 bridgehead atoms. The average molecular weight is 352 g/mol. The molecular formula is C17H15F3N2O3. The fourth-order valence-corrected chi connectivity index (χ4v) is 2.45. The average Bonchev–Trinajstić information content (AvgIpc) is 2.58. The second kappa shape index (κ2) is 7.35. The van der Waals surface area contributed by atoms with Crippen molar-refractivity contribution in [1.82, 2.24) is 0 Å². The third-order valence-electron chi connectivity index (χ3n) is 3.48. The third kappa shape index (κ3) is 4.16. The van der Waals surface area contributed by atoms with Crippen molar-refractivity contribution in [3.63, 3.8) is 0 Å². The summed E-state index contributed by atoms with van der Waals surface area (Å²) in [5, 5.41) is 9.06. The number of benzene rings is 2. The molecule has 0 radical (unpaired) electrons. The summed E-state index contributed by atoms with van der Waals surface area (Å²) in [6, 6.07) is 11.1. The van der Waals surface area contributed by atoms with Gasteiger partial charge in [-0.15, -0.1) is 0 Å². The Kier molecular flexibility index (Phi) is 5.43. The smallest absolute Gasteiger partial charge is 0.418 e. The minimum Gasteiger partial charge on any atom is -0.480 e. The van der Waals surface area contributed by atoms with Crippen LogP contribution in [0.1, 0.15) is 21.5 Å². The maximum Gasteiger partial charge on any atom is 0.418 e. The fraction of sp³-hybridized carbons (Fsp3) is 0.176. The normalized spacial score (nSPS) is 11.2. The molecular weight excluding hydrogens is 337 g/mol. The van der Waals surface area contributed by atoms with Gasteiger partial charge in [-0.1, -0.05) is 30.3 Å². The summed E-state index contributed by atoms with van der Waals surface area (Å²) in [6.45, 7) is -1.31. The molecule has 0 heterocycles. The Balaban J connectivity index is 2.63. The van der Waals surface area contributed by atoms with Crippen molar-refractivity contribution in [2.45, 2.75) is 12.7 Å². The van der Waals surface area contributed by atoms with Crippen molar-refractivity contribution in [2.24, 2.45) is 5.73 Å². The Morgan fingerprint density at radius 1 is 1.04 bits per heavy atom. The highest BCUT2D eigenvalue weighted by atomic mass is 19.4. The van der Waals surface area contributed by atoms with E-state index >= 15 is 0 Å². The molecule has 3 N–H and O–H groups in total. The zero-order valence-corrected chi connectivity index (χ0v) is 13.0. The highest BCUT2D eigenvalue weighted by Crippen LogP contribution is 2.39. The van der Waals surface area contributed by atoms with Gasteiger partial charge < -0.3 is 10.8 Å². The number of rotatable bonds is 5. The first-order chi connectivity index (χ1) is 11.8. The first kappa shape index (κ1) is 18.5. The SMILES string of the molecule is NCc1cccc(N(CC(=O)O)C(=O)c2ccccc2)c1C(F)(F)F. The topological polar surface area (TPSA) is 83.6 Å². The lowest BCUT2D eigenvalue weighted by Gasteiger charge is -2.26. The van der Waals surface area contributed by atoms with Crippen LogP contribution >= 0.6 is 0 Å². The molecule has 0 aliphatic rings. The van der Waals surface area contributed by atoms with E-state index in [1.165, 1.54) is 36.4 Å². The molecule has 1 amide bonds. The van der Waals surface area contributed by atoms with Crippen molar-refractivity contribution in [2.75, 3.05) is 11.4 Å². The summed E-state index contributed by atoms with van der Waals surface area (Å²) in [7, 11) is 0. The van der Waals surface area contributed by atoms with E-state index in [1.54, 1.807) is 6.07 Å². The van der Waals surface area contributed by atoms with E-state index in [9.17, 15) is 22.8 Å². The van der Waals surface area contributed by atoms with Gasteiger partial charge in [-0.25, -0.2) is 0 Å². The lowest BCUT2D eigenvalue weighted by molar-refractivity contribution is -0.138. The lowest BCUT2D eigenvalue weighted by Crippen LogP contribution is -2.37. The van der Waals surface area contributed by atoms with Gasteiger partial charge in [0.15, 0.2) is 0 Å². The van der Waals surface area contributed by atoms with Gasteiger partial charge in [0.05, 0.1) is 11.3 Å². The zero-order valence-electron chi connectivity index (χ0n) is 13.0. The minimum atomic E-state index is -4.79. The van der Waals surface area contributed by atoms with Crippen molar-refractivity contribution in [3.05, 3.63) is 65.2 Å². The van der Waals surface area contributed by atoms with Gasteiger partial charge in [0.1, 0.15) is 6.54 Å². The number of alkyl halides is 3. The number of aliphatic carboxylic acids is 1. The second-order valence-corrected chi connectivity index (χ2v) is 5.16. The number of carbonyl (C=O) groups is 2. The van der Waals surface area contributed by atoms with E-state index in [-0.39, 0.29) is 11.1 Å². The molecule has 0 unspecified atom stereocenters. The molecule has 5 nitrogen and oxygen atoms in total. The molecule has 132 valence electrons. The van der Waals surface area contributed by atoms with E-state index in [0.717, 1.165) is 6.07 Å². The van der Waals surface area contributed by atoms with Crippen LogP contribution in [0.15, 0.2) is 48.5 Å². The molecule has 25 heavy (non-hydrogen) atoms. The summed E-state index contributed by atoms with van der Waals surface area (Å²) in [4.78, 5) is 24.4. The van der Waals surface area contributed by atoms with Crippen LogP contribution in [0.25, 0.3) is 0 Å². The maximum atomic E-state index is 13.5. The van der Waals surface area contributed by atoms with Gasteiger partial charge >= 0.3 is 12.1 Å². The number of anilines is 1. The number of carboxylic acids is 1. The number of nitrogens with two attached hydrogens (primary N) is 1. The summed E-state index contributed by atoms with van der Waals surface area (Å²) >= 11 is 0. The predicted molar refractivity (Wildman–Crippen MR) is 85.1 cm³/mol. The maximum absolute atomic E-state index is 13.5. The number of carbonyl (C=O) groups excluding carboxylic acids is 1. The Hall–Kier alpha value is -2.87. The van der Waals surface area contributed by atoms with Crippen LogP contribution in [-0.2, 0) is 17.5 Å². The molecule has 0 fully saturated rings. The summed E-state index contributed by atoms with van der Waals surface area (Å²) in [5.41, 5.74) is 3.60. The summed E-state index contributed by atoms with van der Waals surface area (Å²) in [5.74, 6) is -2.28. The van der Waals surface area contributed by atoms with Crippen molar-refractivity contribution in [1.29, 1.82) is 0 Å². The fourth-order valence-electron chi connectivity index (χ4n) is 2.45. The van der Waals surface area contributed by atoms with Crippen LogP contribution in [0, 0.1) is 0 Å². The van der Waals surface area contributed by atoms with E-state index in [4.69, 9.17) is 10.8 Å². The van der Waals surface area contributed by atoms with E-state index in [2.05, 4.69) is 0 Å². The standard InChI is InChI=1S/C17H15F3N2O3/c18-17(19,20)15-12(9-21)7-4-8-13(15)22(10-14(23)24)16(25)11-5-2-1-3-6-11/h1-8H,9-10,21H2,(H,23,24). The number of halogens is 3. The van der Waals surface area contributed by atoms with Crippen LogP contribution < -0.4 is 10.6 Å². The quantitative estimate of drug-likeness (QED) is 0.867. The molecule has 2 aromatic carbocycles. The van der Waals surface area contributed by atoms with Crippen molar-refractivity contribution < 1.29 is 27.9 Å². The van der Waals surface area contributed by atoms with E-state index in [0.29, 0.717) is 4.90 Å². The molecule has 0 aliphatic heterocycles. The Morgan fingerprint density at radius 2 is 1.68 bits per heavy atom. The monoisotopic (exact) mass is 352 g/mol. The van der Waals surface area contributed by atoms with E-state index < -0.39 is 42.4 Å². The van der Waals surface area contributed by atoms with Crippen molar-refractivity contribution in [3.8, 4) is 0 Å². The summed E-state index contributed by atoms with van der Waals surface area (Å²) < 4.78 is 40.6. The Labute approximate surface area is 141 Å². The molecule has 0 aliphatic carbocycles. The molecule has 8 heteroatoms. The molecule has 0 spiro atoms. The zero-order chi connectivity index (χ0) is 18.6. The van der Waals surface area contributed by atoms with Crippen LogP contribution in [0.4, 0.5) is 18.9 Å². The predicted octanol–water partition coefficient (Wildman–Crippen LogP) is 2.90. The van der Waals surface area contributed by atoms with Crippen molar-refractivity contribution >= 4 is 17.6 Å². The second-order valence-electron chi connectivity index (χ2n) is 5.16. The Bertz CT molecular complexity index is 776. The molecule has 2 rings (SSSR count). The van der Waals surface area contributed by atoms with Crippen LogP contribution in [0.5, 0.6) is 0 Å². The number of hydrogen-bond acceptors (Lipinski definition) is 3. The van der Waals surface area contributed by atoms with Gasteiger partial charge in [-0.05, 0) is 23.8 Å². The highest BCUT2D eigenvalue weighted by Gasteiger charge is 2.38. The van der Waals surface area contributed by atoms with Gasteiger partial charge in [0, 0.05) is 12.1 Å². The largest absolute Gasteiger partial charge is 0.480 e. The first-order valence-corrected chi connectivity index (χ1v) is 7.23. The Morgan fingerprint density at radius 3 is 2.20 bits per heavy atom. The molecule has 2 aromatic rings. The molecule has 0 aromatic heterocycles. The van der Waals surface area contributed by atoms with Gasteiger partial charge in [0.2, 0.25) is 0 Å². The third-order valence-corrected chi connectivity index (χ3v) is 3.48. The van der Waals surface area contributed by atoms with Gasteiger partial charge in [-0.2, -0.15) is 13.2 Å². The minimum absolute atomic E-state index is 0.0787. The first-order valence-electron chi connectivity index (χ1n) is 7.23. The number of amides is 1. The number of hydrogen-bond donors (Lipinski definition) is 2. The molecule has 0 saturated heterocycles. The van der Waals surface area contributed by atoms with Crippen LogP contribution in [0.3, 0.4) is 0 Å². The van der Waals surface area contributed by atoms with Crippen LogP contribution in [-0.4, -0.2) is 23.5 Å².